The molecule has 0 saturated carbocycles. The molecule has 0 aliphatic carbocycles. The molecule has 0 atom stereocenters. The summed E-state index contributed by atoms with van der Waals surface area (Å²) < 4.78 is 10.1. The highest BCUT2D eigenvalue weighted by molar-refractivity contribution is 7.10. The van der Waals surface area contributed by atoms with Gasteiger partial charge < -0.3 is 19.9 Å². The molecule has 20 heavy (non-hydrogen) atoms. The summed E-state index contributed by atoms with van der Waals surface area (Å²) in [6, 6.07) is 1.75. The molecular weight excluding hydrogens is 278 g/mol. The maximum absolute atomic E-state index is 11.8. The molecule has 0 aromatic carbocycles. The summed E-state index contributed by atoms with van der Waals surface area (Å²) >= 11 is 1.41. The van der Waals surface area contributed by atoms with Crippen LogP contribution in [0.3, 0.4) is 0 Å². The van der Waals surface area contributed by atoms with E-state index in [0.29, 0.717) is 38.3 Å². The lowest BCUT2D eigenvalue weighted by Gasteiger charge is -2.04. The molecule has 0 aliphatic heterocycles. The largest absolute Gasteiger partial charge is 0.395 e. The first-order valence-corrected chi connectivity index (χ1v) is 7.19. The van der Waals surface area contributed by atoms with Gasteiger partial charge in [-0.15, -0.1) is 11.3 Å². The Morgan fingerprint density at radius 2 is 2.30 bits per heavy atom. The Morgan fingerprint density at radius 1 is 1.45 bits per heavy atom. The summed E-state index contributed by atoms with van der Waals surface area (Å²) in [6.07, 6.45) is 0.443. The maximum atomic E-state index is 11.8. The van der Waals surface area contributed by atoms with Crippen LogP contribution in [0.2, 0.25) is 0 Å². The van der Waals surface area contributed by atoms with E-state index in [9.17, 15) is 4.79 Å². The van der Waals surface area contributed by atoms with Crippen molar-refractivity contribution < 1.29 is 19.4 Å². The highest BCUT2D eigenvalue weighted by Crippen LogP contribution is 2.13. The number of thiophene rings is 1. The molecule has 110 valence electrons. The van der Waals surface area contributed by atoms with Crippen molar-refractivity contribution in [2.45, 2.75) is 6.42 Å². The van der Waals surface area contributed by atoms with Gasteiger partial charge in [0.05, 0.1) is 36.9 Å². The molecule has 1 rings (SSSR count). The minimum atomic E-state index is -0.133. The van der Waals surface area contributed by atoms with Crippen LogP contribution in [0.25, 0.3) is 0 Å². The highest BCUT2D eigenvalue weighted by Gasteiger charge is 2.06. The molecule has 1 heterocycles. The van der Waals surface area contributed by atoms with Gasteiger partial charge in [-0.05, 0) is 6.07 Å². The predicted molar refractivity (Wildman–Crippen MR) is 77.9 cm³/mol. The summed E-state index contributed by atoms with van der Waals surface area (Å²) in [4.78, 5) is 12.6. The molecule has 0 bridgehead atoms. The van der Waals surface area contributed by atoms with Gasteiger partial charge in [0.15, 0.2) is 0 Å². The summed E-state index contributed by atoms with van der Waals surface area (Å²) in [5, 5.41) is 13.2. The summed E-state index contributed by atoms with van der Waals surface area (Å²) in [5.41, 5.74) is 0.597. The Kier molecular flexibility index (Phi) is 8.67. The summed E-state index contributed by atoms with van der Waals surface area (Å²) in [5.74, 6) is 5.59. The average Bonchev–Trinajstić information content (AvgIpc) is 2.92. The molecular formula is C14H19NO4S. The van der Waals surface area contributed by atoms with E-state index in [4.69, 9.17) is 14.6 Å². The quantitative estimate of drug-likeness (QED) is 0.552. The first-order valence-electron chi connectivity index (χ1n) is 6.31. The molecule has 5 nitrogen and oxygen atoms in total. The van der Waals surface area contributed by atoms with Crippen molar-refractivity contribution in [1.29, 1.82) is 0 Å². The van der Waals surface area contributed by atoms with Crippen LogP contribution in [0.4, 0.5) is 0 Å². The van der Waals surface area contributed by atoms with Gasteiger partial charge in [0.1, 0.15) is 0 Å². The first kappa shape index (κ1) is 16.7. The van der Waals surface area contributed by atoms with Crippen LogP contribution in [0.5, 0.6) is 0 Å². The lowest BCUT2D eigenvalue weighted by Crippen LogP contribution is -2.27. The number of methoxy groups -OCH3 is 1. The molecule has 1 aromatic heterocycles. The van der Waals surface area contributed by atoms with Crippen LogP contribution in [-0.2, 0) is 9.47 Å². The molecule has 0 aliphatic rings. The van der Waals surface area contributed by atoms with E-state index in [0.717, 1.165) is 4.88 Å². The smallest absolute Gasteiger partial charge is 0.252 e. The van der Waals surface area contributed by atoms with E-state index < -0.39 is 0 Å². The van der Waals surface area contributed by atoms with E-state index in [1.165, 1.54) is 11.3 Å². The second-order valence-electron chi connectivity index (χ2n) is 3.84. The minimum Gasteiger partial charge on any atom is -0.395 e. The number of aliphatic hydroxyl groups excluding tert-OH is 1. The number of ether oxygens (including phenoxy) is 2. The third-order valence-corrected chi connectivity index (χ3v) is 3.12. The number of carbonyl (C=O) groups excluding carboxylic acids is 1. The van der Waals surface area contributed by atoms with E-state index >= 15 is 0 Å². The monoisotopic (exact) mass is 297 g/mol. The third kappa shape index (κ3) is 6.68. The van der Waals surface area contributed by atoms with Crippen molar-refractivity contribution >= 4 is 17.2 Å². The Bertz CT molecular complexity index is 461. The lowest BCUT2D eigenvalue weighted by molar-refractivity contribution is 0.0693. The van der Waals surface area contributed by atoms with Gasteiger partial charge in [0.25, 0.3) is 5.91 Å². The zero-order valence-corrected chi connectivity index (χ0v) is 12.3. The van der Waals surface area contributed by atoms with Crippen molar-refractivity contribution in [3.05, 3.63) is 21.9 Å². The van der Waals surface area contributed by atoms with Gasteiger partial charge in [0.2, 0.25) is 0 Å². The van der Waals surface area contributed by atoms with Crippen molar-refractivity contribution in [2.75, 3.05) is 40.1 Å². The van der Waals surface area contributed by atoms with Crippen LogP contribution < -0.4 is 5.32 Å². The Labute approximate surface area is 122 Å². The SMILES string of the molecule is COCCOCCNC(=O)c1csc(C#CCCO)c1. The molecule has 6 heteroatoms. The van der Waals surface area contributed by atoms with Crippen molar-refractivity contribution in [3.63, 3.8) is 0 Å². The summed E-state index contributed by atoms with van der Waals surface area (Å²) in [6.45, 7) is 2.05. The van der Waals surface area contributed by atoms with Gasteiger partial charge in [-0.25, -0.2) is 0 Å². The molecule has 0 saturated heterocycles. The van der Waals surface area contributed by atoms with Gasteiger partial charge in [-0.3, -0.25) is 4.79 Å². The molecule has 2 N–H and O–H groups in total. The molecule has 0 fully saturated rings. The minimum absolute atomic E-state index is 0.0504. The average molecular weight is 297 g/mol. The number of hydrogen-bond donors (Lipinski definition) is 2. The van der Waals surface area contributed by atoms with E-state index in [2.05, 4.69) is 17.2 Å². The van der Waals surface area contributed by atoms with Crippen molar-refractivity contribution in [1.82, 2.24) is 5.32 Å². The van der Waals surface area contributed by atoms with Crippen LogP contribution >= 0.6 is 11.3 Å². The number of hydrogen-bond acceptors (Lipinski definition) is 5. The van der Waals surface area contributed by atoms with Gasteiger partial charge in [-0.2, -0.15) is 0 Å². The van der Waals surface area contributed by atoms with Crippen LogP contribution in [-0.4, -0.2) is 51.1 Å². The van der Waals surface area contributed by atoms with Crippen molar-refractivity contribution in [3.8, 4) is 11.8 Å². The number of rotatable bonds is 8. The van der Waals surface area contributed by atoms with E-state index in [1.807, 2.05) is 0 Å². The highest BCUT2D eigenvalue weighted by atomic mass is 32.1. The second-order valence-corrected chi connectivity index (χ2v) is 4.75. The van der Waals surface area contributed by atoms with Gasteiger partial charge in [-0.1, -0.05) is 11.8 Å². The van der Waals surface area contributed by atoms with Gasteiger partial charge in [0, 0.05) is 25.5 Å². The topological polar surface area (TPSA) is 67.8 Å². The van der Waals surface area contributed by atoms with Crippen LogP contribution in [0.1, 0.15) is 21.7 Å². The Balaban J connectivity index is 2.28. The maximum Gasteiger partial charge on any atom is 0.252 e. The Hall–Kier alpha value is -1.39. The second kappa shape index (κ2) is 10.4. The molecule has 1 amide bonds. The zero-order chi connectivity index (χ0) is 14.6. The first-order chi connectivity index (χ1) is 9.77. The standard InChI is InChI=1S/C14H19NO4S/c1-18-8-9-19-7-5-15-14(17)12-10-13(20-11-12)4-2-3-6-16/h10-11,16H,3,5-9H2,1H3,(H,15,17). The number of aliphatic hydroxyl groups is 1. The lowest BCUT2D eigenvalue weighted by atomic mass is 10.3. The molecule has 1 aromatic rings. The fourth-order valence-electron chi connectivity index (χ4n) is 1.31. The fraction of sp³-hybridized carbons (Fsp3) is 0.500. The Morgan fingerprint density at radius 3 is 3.05 bits per heavy atom. The normalized spacial score (nSPS) is 9.90. The van der Waals surface area contributed by atoms with E-state index in [1.54, 1.807) is 18.6 Å². The van der Waals surface area contributed by atoms with Crippen LogP contribution in [0, 0.1) is 11.8 Å². The number of amides is 1. The van der Waals surface area contributed by atoms with E-state index in [-0.39, 0.29) is 12.5 Å². The zero-order valence-electron chi connectivity index (χ0n) is 11.5. The summed E-state index contributed by atoms with van der Waals surface area (Å²) in [7, 11) is 1.61. The van der Waals surface area contributed by atoms with Gasteiger partial charge >= 0.3 is 0 Å². The fourth-order valence-corrected chi connectivity index (χ4v) is 2.06. The van der Waals surface area contributed by atoms with Crippen LogP contribution in [0.15, 0.2) is 11.4 Å². The predicted octanol–water partition coefficient (Wildman–Crippen LogP) is 0.875. The van der Waals surface area contributed by atoms with Crippen molar-refractivity contribution in [2.24, 2.45) is 0 Å². The third-order valence-electron chi connectivity index (χ3n) is 2.27. The molecule has 0 unspecified atom stereocenters. The number of nitrogens with one attached hydrogen (secondary N) is 1. The molecule has 0 spiro atoms. The number of carbonyl (C=O) groups is 1. The molecule has 0 radical (unpaired) electrons.